The van der Waals surface area contributed by atoms with E-state index in [0.29, 0.717) is 30.7 Å². The van der Waals surface area contributed by atoms with E-state index in [0.717, 1.165) is 11.1 Å². The summed E-state index contributed by atoms with van der Waals surface area (Å²) in [5, 5.41) is 42.6. The number of imidazole rings is 1. The fourth-order valence-corrected chi connectivity index (χ4v) is 6.14. The summed E-state index contributed by atoms with van der Waals surface area (Å²) in [7, 11) is 3.77. The van der Waals surface area contributed by atoms with Gasteiger partial charge < -0.3 is 39.0 Å². The van der Waals surface area contributed by atoms with Gasteiger partial charge in [0.05, 0.1) is 43.8 Å². The number of aliphatic imine (C=N–C) groups is 1. The zero-order chi connectivity index (χ0) is 33.1. The second kappa shape index (κ2) is 13.9. The highest BCUT2D eigenvalue weighted by molar-refractivity contribution is 5.89. The molecular formula is C31H38N8O8. The Morgan fingerprint density at radius 3 is 2.77 bits per heavy atom. The lowest BCUT2D eigenvalue weighted by molar-refractivity contribution is -0.421. The third kappa shape index (κ3) is 6.92. The van der Waals surface area contributed by atoms with E-state index in [2.05, 4.69) is 15.0 Å². The molecule has 6 rings (SSSR count). The van der Waals surface area contributed by atoms with Gasteiger partial charge in [-0.2, -0.15) is 5.26 Å². The first-order chi connectivity index (χ1) is 22.7. The molecule has 47 heavy (non-hydrogen) atoms. The molecule has 250 valence electrons. The summed E-state index contributed by atoms with van der Waals surface area (Å²) in [6, 6.07) is 7.11. The van der Waals surface area contributed by atoms with E-state index in [1.165, 1.54) is 16.7 Å². The number of aliphatic hydroxyl groups is 3. The summed E-state index contributed by atoms with van der Waals surface area (Å²) in [5.74, 6) is -2.80. The van der Waals surface area contributed by atoms with Crippen molar-refractivity contribution in [3.8, 4) is 6.07 Å². The molecule has 2 unspecified atom stereocenters. The van der Waals surface area contributed by atoms with Gasteiger partial charge in [-0.05, 0) is 37.3 Å². The van der Waals surface area contributed by atoms with Crippen molar-refractivity contribution in [1.82, 2.24) is 28.4 Å². The number of rotatable bonds is 13. The summed E-state index contributed by atoms with van der Waals surface area (Å²) in [6.45, 7) is -0.378. The Morgan fingerprint density at radius 2 is 1.98 bits per heavy atom. The predicted octanol–water partition coefficient (Wildman–Crippen LogP) is 1.64. The minimum absolute atomic E-state index is 0.0220. The molecule has 3 N–H and O–H groups in total. The molecule has 6 heterocycles. The fraction of sp³-hybridized carbons (Fsp3) is 0.516. The van der Waals surface area contributed by atoms with Gasteiger partial charge in [0.1, 0.15) is 24.2 Å². The van der Waals surface area contributed by atoms with Crippen molar-refractivity contribution >= 4 is 28.8 Å². The summed E-state index contributed by atoms with van der Waals surface area (Å²) in [4.78, 5) is 27.3. The van der Waals surface area contributed by atoms with Gasteiger partial charge in [-0.25, -0.2) is 15.0 Å². The highest BCUT2D eigenvalue weighted by atomic mass is 16.8. The standard InChI is InChI=1S/C31H38N8O8/c1-36(2)19-35-22-6-10-33-29-21(22)7-12-38(29)27-17-20(23(18-40)45-27)16-24(44-15-3-9-32)31(42,43)47-28-5-4-26(46-28)39-13-8-25(41)37-14-11-34-30(37)39/h6-8,10-14,19-20,23-24,26-28,40,42-43H,3-5,15-18H2,1-2H3/b35-19-/t20-,23+,24?,26+,27+,28?/m0/s1. The Bertz CT molecular complexity index is 1810. The smallest absolute Gasteiger partial charge is 0.308 e. The average molecular weight is 651 g/mol. The number of aromatic nitrogens is 5. The van der Waals surface area contributed by atoms with Gasteiger partial charge in [-0.1, -0.05) is 0 Å². The maximum atomic E-state index is 12.1. The van der Waals surface area contributed by atoms with Crippen LogP contribution in [0, 0.1) is 17.2 Å². The topological polar surface area (TPSA) is 194 Å². The van der Waals surface area contributed by atoms with Crippen LogP contribution >= 0.6 is 0 Å². The number of hydrogen-bond donors (Lipinski definition) is 3. The Hall–Kier alpha value is -4.21. The molecule has 0 spiro atoms. The quantitative estimate of drug-likeness (QED) is 0.0821. The zero-order valence-electron chi connectivity index (χ0n) is 26.1. The third-order valence-corrected chi connectivity index (χ3v) is 8.38. The normalized spacial score (nSPS) is 24.0. The van der Waals surface area contributed by atoms with Gasteiger partial charge in [-0.3, -0.25) is 18.5 Å². The highest BCUT2D eigenvalue weighted by Crippen LogP contribution is 2.41. The van der Waals surface area contributed by atoms with Crippen LogP contribution in [0.15, 0.2) is 59.0 Å². The lowest BCUT2D eigenvalue weighted by Crippen LogP contribution is -2.50. The van der Waals surface area contributed by atoms with E-state index in [9.17, 15) is 20.1 Å². The van der Waals surface area contributed by atoms with E-state index < -0.39 is 36.9 Å². The molecule has 2 fully saturated rings. The Kier molecular flexibility index (Phi) is 9.66. The van der Waals surface area contributed by atoms with Crippen molar-refractivity contribution in [2.75, 3.05) is 27.3 Å². The van der Waals surface area contributed by atoms with E-state index in [-0.39, 0.29) is 37.5 Å². The van der Waals surface area contributed by atoms with Crippen molar-refractivity contribution in [3.05, 3.63) is 59.5 Å². The molecule has 2 saturated heterocycles. The van der Waals surface area contributed by atoms with Gasteiger partial charge in [0.25, 0.3) is 5.56 Å². The molecular weight excluding hydrogens is 612 g/mol. The molecule has 0 aliphatic carbocycles. The number of nitrogens with zero attached hydrogens (tertiary/aromatic N) is 8. The monoisotopic (exact) mass is 650 g/mol. The van der Waals surface area contributed by atoms with Crippen molar-refractivity contribution < 1.29 is 34.3 Å². The van der Waals surface area contributed by atoms with Crippen molar-refractivity contribution in [1.29, 1.82) is 5.26 Å². The number of nitriles is 1. The molecule has 16 heteroatoms. The molecule has 0 aromatic carbocycles. The van der Waals surface area contributed by atoms with Crippen LogP contribution in [0.4, 0.5) is 5.69 Å². The Labute approximate surface area is 269 Å². The predicted molar refractivity (Wildman–Crippen MR) is 166 cm³/mol. The number of hydrogen-bond acceptors (Lipinski definition) is 12. The van der Waals surface area contributed by atoms with Crippen molar-refractivity contribution in [2.24, 2.45) is 10.9 Å². The second-order valence-electron chi connectivity index (χ2n) is 11.8. The average Bonchev–Trinajstić information content (AvgIpc) is 3.86. The van der Waals surface area contributed by atoms with Crippen molar-refractivity contribution in [2.45, 2.75) is 69.0 Å². The molecule has 0 bridgehead atoms. The van der Waals surface area contributed by atoms with E-state index in [4.69, 9.17) is 24.2 Å². The first-order valence-electron chi connectivity index (χ1n) is 15.4. The van der Waals surface area contributed by atoms with Gasteiger partial charge in [-0.15, -0.1) is 0 Å². The number of ether oxygens (including phenoxy) is 4. The lowest BCUT2D eigenvalue weighted by Gasteiger charge is -2.34. The van der Waals surface area contributed by atoms with Crippen LogP contribution in [0.1, 0.15) is 44.6 Å². The SMILES string of the molecule is CN(C)/C=N\c1ccnc2c1ccn2[C@H]1C[C@H](CC(OCCC#N)C(O)(O)OC2CC[C@H](n3ccc(=O)n4ccnc34)O2)[C@@H](CO)O1. The molecule has 16 nitrogen and oxygen atoms in total. The molecule has 0 radical (unpaired) electrons. The molecule has 4 aromatic rings. The first-order valence-corrected chi connectivity index (χ1v) is 15.4. The van der Waals surface area contributed by atoms with E-state index >= 15 is 0 Å². The van der Waals surface area contributed by atoms with Gasteiger partial charge >= 0.3 is 5.97 Å². The summed E-state index contributed by atoms with van der Waals surface area (Å²) < 4.78 is 28.7. The third-order valence-electron chi connectivity index (χ3n) is 8.38. The maximum absolute atomic E-state index is 12.1. The van der Waals surface area contributed by atoms with E-state index in [1.807, 2.05) is 48.0 Å². The molecule has 2 aliphatic rings. The van der Waals surface area contributed by atoms with Crippen LogP contribution < -0.4 is 5.56 Å². The molecule has 4 aromatic heterocycles. The largest absolute Gasteiger partial charge is 0.394 e. The van der Waals surface area contributed by atoms with Gasteiger partial charge in [0.15, 0.2) is 6.29 Å². The minimum atomic E-state index is -2.81. The van der Waals surface area contributed by atoms with Crippen LogP contribution in [-0.4, -0.2) is 102 Å². The number of fused-ring (bicyclic) bond motifs is 2. The molecule has 2 aliphatic heterocycles. The Morgan fingerprint density at radius 1 is 1.15 bits per heavy atom. The van der Waals surface area contributed by atoms with Crippen LogP contribution in [-0.2, 0) is 18.9 Å². The Balaban J connectivity index is 1.17. The summed E-state index contributed by atoms with van der Waals surface area (Å²) >= 11 is 0. The maximum Gasteiger partial charge on any atom is 0.308 e. The van der Waals surface area contributed by atoms with Gasteiger partial charge in [0, 0.05) is 63.0 Å². The summed E-state index contributed by atoms with van der Waals surface area (Å²) in [6.07, 6.45) is 7.07. The molecule has 6 atom stereocenters. The fourth-order valence-electron chi connectivity index (χ4n) is 6.14. The minimum Gasteiger partial charge on any atom is -0.394 e. The van der Waals surface area contributed by atoms with Gasteiger partial charge in [0.2, 0.25) is 5.78 Å². The summed E-state index contributed by atoms with van der Waals surface area (Å²) in [5.41, 5.74) is 1.17. The van der Waals surface area contributed by atoms with Crippen LogP contribution in [0.25, 0.3) is 16.8 Å². The number of pyridine rings is 1. The van der Waals surface area contributed by atoms with E-state index in [1.54, 1.807) is 29.5 Å². The van der Waals surface area contributed by atoms with Crippen LogP contribution in [0.3, 0.4) is 0 Å². The number of aliphatic hydroxyl groups excluding tert-OH is 1. The first kappa shape index (κ1) is 32.7. The van der Waals surface area contributed by atoms with Crippen LogP contribution in [0.2, 0.25) is 0 Å². The zero-order valence-corrected chi connectivity index (χ0v) is 26.1. The van der Waals surface area contributed by atoms with Crippen LogP contribution in [0.5, 0.6) is 0 Å². The second-order valence-corrected chi connectivity index (χ2v) is 11.8. The molecule has 0 saturated carbocycles. The highest BCUT2D eigenvalue weighted by Gasteiger charge is 2.46. The van der Waals surface area contributed by atoms with Crippen molar-refractivity contribution in [3.63, 3.8) is 0 Å². The molecule has 0 amide bonds. The lowest BCUT2D eigenvalue weighted by atomic mass is 9.93.